The summed E-state index contributed by atoms with van der Waals surface area (Å²) in [6, 6.07) is 19.5. The lowest BCUT2D eigenvalue weighted by molar-refractivity contribution is 0.0602. The van der Waals surface area contributed by atoms with Crippen LogP contribution < -0.4 is 9.47 Å². The highest BCUT2D eigenvalue weighted by atomic mass is 16.5. The molecule has 1 atom stereocenters. The Bertz CT molecular complexity index is 830. The molecule has 1 aromatic heterocycles. The standard InChI is InChI=1S/C23H27NO4/c1-18-9-11-21(12-10-18)28-17-20(25)15-24(16-22-7-5-13-27-22)14-19-6-3-4-8-23(19)26-2/h3-13,20,25H,14-17H2,1-2H3. The third-order valence-corrected chi connectivity index (χ3v) is 4.48. The van der Waals surface area contributed by atoms with Crippen molar-refractivity contribution >= 4 is 0 Å². The second kappa shape index (κ2) is 9.97. The van der Waals surface area contributed by atoms with E-state index in [1.807, 2.05) is 67.6 Å². The van der Waals surface area contributed by atoms with E-state index < -0.39 is 6.10 Å². The summed E-state index contributed by atoms with van der Waals surface area (Å²) in [6.45, 7) is 3.93. The van der Waals surface area contributed by atoms with Crippen molar-refractivity contribution in [1.82, 2.24) is 4.90 Å². The Morgan fingerprint density at radius 1 is 1.00 bits per heavy atom. The summed E-state index contributed by atoms with van der Waals surface area (Å²) in [5, 5.41) is 10.5. The number of aryl methyl sites for hydroxylation is 1. The summed E-state index contributed by atoms with van der Waals surface area (Å²) in [5.74, 6) is 2.44. The number of para-hydroxylation sites is 1. The fourth-order valence-electron chi connectivity index (χ4n) is 3.06. The van der Waals surface area contributed by atoms with Gasteiger partial charge in [0.25, 0.3) is 0 Å². The molecule has 1 N–H and O–H groups in total. The zero-order chi connectivity index (χ0) is 19.8. The number of furan rings is 1. The van der Waals surface area contributed by atoms with Crippen molar-refractivity contribution in [2.45, 2.75) is 26.1 Å². The number of hydrogen-bond donors (Lipinski definition) is 1. The molecule has 0 spiro atoms. The van der Waals surface area contributed by atoms with Crippen molar-refractivity contribution in [3.8, 4) is 11.5 Å². The first-order chi connectivity index (χ1) is 13.6. The topological polar surface area (TPSA) is 55.1 Å². The van der Waals surface area contributed by atoms with Crippen LogP contribution in [0.25, 0.3) is 0 Å². The van der Waals surface area contributed by atoms with Gasteiger partial charge in [-0.1, -0.05) is 35.9 Å². The van der Waals surface area contributed by atoms with Gasteiger partial charge in [-0.05, 0) is 37.3 Å². The Morgan fingerprint density at radius 2 is 1.79 bits per heavy atom. The molecule has 0 fully saturated rings. The third-order valence-electron chi connectivity index (χ3n) is 4.48. The van der Waals surface area contributed by atoms with Crippen LogP contribution in [0.5, 0.6) is 11.5 Å². The van der Waals surface area contributed by atoms with Gasteiger partial charge in [0.2, 0.25) is 0 Å². The van der Waals surface area contributed by atoms with Gasteiger partial charge in [0.1, 0.15) is 30.0 Å². The van der Waals surface area contributed by atoms with Crippen LogP contribution in [0.4, 0.5) is 0 Å². The fourth-order valence-corrected chi connectivity index (χ4v) is 3.06. The average Bonchev–Trinajstić information content (AvgIpc) is 3.21. The quantitative estimate of drug-likeness (QED) is 0.574. The first kappa shape index (κ1) is 20.0. The summed E-state index contributed by atoms with van der Waals surface area (Å²) in [4.78, 5) is 2.12. The molecule has 0 saturated heterocycles. The molecule has 0 bridgehead atoms. The van der Waals surface area contributed by atoms with Crippen LogP contribution in [0, 0.1) is 6.92 Å². The highest BCUT2D eigenvalue weighted by molar-refractivity contribution is 5.33. The van der Waals surface area contributed by atoms with Crippen molar-refractivity contribution in [1.29, 1.82) is 0 Å². The maximum absolute atomic E-state index is 10.5. The summed E-state index contributed by atoms with van der Waals surface area (Å²) >= 11 is 0. The van der Waals surface area contributed by atoms with Gasteiger partial charge >= 0.3 is 0 Å². The highest BCUT2D eigenvalue weighted by Gasteiger charge is 2.16. The number of aliphatic hydroxyl groups excluding tert-OH is 1. The Hall–Kier alpha value is -2.76. The predicted molar refractivity (Wildman–Crippen MR) is 108 cm³/mol. The molecule has 148 valence electrons. The fraction of sp³-hybridized carbons (Fsp3) is 0.304. The molecule has 0 aliphatic heterocycles. The molecule has 28 heavy (non-hydrogen) atoms. The Morgan fingerprint density at radius 3 is 2.50 bits per heavy atom. The SMILES string of the molecule is COc1ccccc1CN(Cc1ccco1)CC(O)COc1ccc(C)cc1. The monoisotopic (exact) mass is 381 g/mol. The van der Waals surface area contributed by atoms with Crippen molar-refractivity contribution < 1.29 is 19.0 Å². The van der Waals surface area contributed by atoms with Gasteiger partial charge in [-0.3, -0.25) is 4.90 Å². The van der Waals surface area contributed by atoms with Crippen LogP contribution in [0.1, 0.15) is 16.9 Å². The van der Waals surface area contributed by atoms with E-state index in [0.717, 1.165) is 22.8 Å². The van der Waals surface area contributed by atoms with Gasteiger partial charge in [0.05, 0.1) is 19.9 Å². The lowest BCUT2D eigenvalue weighted by Gasteiger charge is -2.25. The van der Waals surface area contributed by atoms with Gasteiger partial charge < -0.3 is 19.0 Å². The van der Waals surface area contributed by atoms with Crippen LogP contribution >= 0.6 is 0 Å². The minimum Gasteiger partial charge on any atom is -0.496 e. The smallest absolute Gasteiger partial charge is 0.123 e. The Kier molecular flexibility index (Phi) is 7.12. The number of hydrogen-bond acceptors (Lipinski definition) is 5. The summed E-state index contributed by atoms with van der Waals surface area (Å²) < 4.78 is 16.7. The molecule has 0 aliphatic rings. The lowest BCUT2D eigenvalue weighted by Crippen LogP contribution is -2.35. The van der Waals surface area contributed by atoms with Gasteiger partial charge in [0.15, 0.2) is 0 Å². The van der Waals surface area contributed by atoms with E-state index in [2.05, 4.69) is 4.90 Å². The molecular formula is C23H27NO4. The van der Waals surface area contributed by atoms with Crippen LogP contribution in [0.2, 0.25) is 0 Å². The van der Waals surface area contributed by atoms with Crippen LogP contribution in [0.3, 0.4) is 0 Å². The Balaban J connectivity index is 1.63. The molecule has 0 radical (unpaired) electrons. The number of rotatable bonds is 10. The van der Waals surface area contributed by atoms with Gasteiger partial charge in [0, 0.05) is 18.7 Å². The van der Waals surface area contributed by atoms with Crippen molar-refractivity contribution in [2.75, 3.05) is 20.3 Å². The second-order valence-electron chi connectivity index (χ2n) is 6.84. The van der Waals surface area contributed by atoms with E-state index in [1.165, 1.54) is 5.56 Å². The maximum Gasteiger partial charge on any atom is 0.123 e. The Labute approximate surface area is 166 Å². The first-order valence-electron chi connectivity index (χ1n) is 9.38. The summed E-state index contributed by atoms with van der Waals surface area (Å²) in [7, 11) is 1.67. The normalized spacial score (nSPS) is 12.1. The van der Waals surface area contributed by atoms with E-state index in [0.29, 0.717) is 19.6 Å². The molecule has 3 aromatic rings. The largest absolute Gasteiger partial charge is 0.496 e. The van der Waals surface area contributed by atoms with E-state index in [1.54, 1.807) is 13.4 Å². The van der Waals surface area contributed by atoms with Gasteiger partial charge in [-0.15, -0.1) is 0 Å². The van der Waals surface area contributed by atoms with Crippen molar-refractivity contribution in [3.63, 3.8) is 0 Å². The zero-order valence-corrected chi connectivity index (χ0v) is 16.4. The molecule has 5 nitrogen and oxygen atoms in total. The highest BCUT2D eigenvalue weighted by Crippen LogP contribution is 2.21. The molecule has 0 amide bonds. The van der Waals surface area contributed by atoms with Crippen LogP contribution in [-0.2, 0) is 13.1 Å². The summed E-state index contributed by atoms with van der Waals surface area (Å²) in [5.41, 5.74) is 2.23. The molecule has 0 saturated carbocycles. The summed E-state index contributed by atoms with van der Waals surface area (Å²) in [6.07, 6.45) is 1.03. The predicted octanol–water partition coefficient (Wildman–Crippen LogP) is 4.04. The molecular weight excluding hydrogens is 354 g/mol. The van der Waals surface area contributed by atoms with E-state index in [4.69, 9.17) is 13.9 Å². The molecule has 0 aliphatic carbocycles. The van der Waals surface area contributed by atoms with Crippen LogP contribution in [-0.4, -0.2) is 36.4 Å². The first-order valence-corrected chi connectivity index (χ1v) is 9.38. The minimum absolute atomic E-state index is 0.226. The molecule has 3 rings (SSSR count). The third kappa shape index (κ3) is 5.87. The number of methoxy groups -OCH3 is 1. The number of aliphatic hydroxyl groups is 1. The van der Waals surface area contributed by atoms with Crippen molar-refractivity contribution in [3.05, 3.63) is 83.8 Å². The van der Waals surface area contributed by atoms with E-state index >= 15 is 0 Å². The molecule has 2 aromatic carbocycles. The minimum atomic E-state index is -0.633. The second-order valence-corrected chi connectivity index (χ2v) is 6.84. The molecule has 1 unspecified atom stereocenters. The number of ether oxygens (including phenoxy) is 2. The number of nitrogens with zero attached hydrogens (tertiary/aromatic N) is 1. The molecule has 1 heterocycles. The van der Waals surface area contributed by atoms with Gasteiger partial charge in [-0.2, -0.15) is 0 Å². The van der Waals surface area contributed by atoms with Gasteiger partial charge in [-0.25, -0.2) is 0 Å². The molecule has 5 heteroatoms. The van der Waals surface area contributed by atoms with E-state index in [-0.39, 0.29) is 6.61 Å². The van der Waals surface area contributed by atoms with Crippen LogP contribution in [0.15, 0.2) is 71.3 Å². The zero-order valence-electron chi connectivity index (χ0n) is 16.4. The lowest BCUT2D eigenvalue weighted by atomic mass is 10.1. The number of benzene rings is 2. The van der Waals surface area contributed by atoms with E-state index in [9.17, 15) is 5.11 Å². The maximum atomic E-state index is 10.5. The average molecular weight is 381 g/mol. The van der Waals surface area contributed by atoms with Crippen molar-refractivity contribution in [2.24, 2.45) is 0 Å².